The lowest BCUT2D eigenvalue weighted by molar-refractivity contribution is -0.0414. The van der Waals surface area contributed by atoms with Gasteiger partial charge in [0.1, 0.15) is 5.82 Å². The fraction of sp³-hybridized carbons (Fsp3) is 0.625. The van der Waals surface area contributed by atoms with Crippen LogP contribution in [-0.2, 0) is 12.0 Å². The maximum absolute atomic E-state index is 13.2. The lowest BCUT2D eigenvalue weighted by Crippen LogP contribution is -2.35. The molecule has 0 radical (unpaired) electrons. The van der Waals surface area contributed by atoms with Crippen LogP contribution in [0.4, 0.5) is 4.39 Å². The van der Waals surface area contributed by atoms with Gasteiger partial charge in [-0.1, -0.05) is 25.8 Å². The molecule has 3 rings (SSSR count). The molecule has 1 unspecified atom stereocenters. The van der Waals surface area contributed by atoms with Crippen LogP contribution in [0.25, 0.3) is 0 Å². The Balaban J connectivity index is 1.89. The van der Waals surface area contributed by atoms with Gasteiger partial charge in [0.2, 0.25) is 0 Å². The van der Waals surface area contributed by atoms with E-state index in [1.54, 1.807) is 12.1 Å². The number of halogens is 1. The number of benzene rings is 1. The molecule has 1 fully saturated rings. The third-order valence-electron chi connectivity index (χ3n) is 5.00. The van der Waals surface area contributed by atoms with E-state index < -0.39 is 5.60 Å². The van der Waals surface area contributed by atoms with E-state index in [0.717, 1.165) is 42.7 Å². The van der Waals surface area contributed by atoms with Crippen LogP contribution in [0.2, 0.25) is 0 Å². The highest BCUT2D eigenvalue weighted by Gasteiger charge is 2.44. The first-order valence-corrected chi connectivity index (χ1v) is 7.11. The van der Waals surface area contributed by atoms with Crippen molar-refractivity contribution >= 4 is 0 Å². The zero-order chi connectivity index (χ0) is 12.8. The largest absolute Gasteiger partial charge is 0.385 e. The number of rotatable bonds is 1. The second-order valence-electron chi connectivity index (χ2n) is 6.18. The van der Waals surface area contributed by atoms with E-state index in [-0.39, 0.29) is 5.82 Å². The van der Waals surface area contributed by atoms with Gasteiger partial charge in [0, 0.05) is 0 Å². The summed E-state index contributed by atoms with van der Waals surface area (Å²) >= 11 is 0. The van der Waals surface area contributed by atoms with Crippen molar-refractivity contribution < 1.29 is 9.50 Å². The molecule has 2 aliphatic carbocycles. The van der Waals surface area contributed by atoms with Crippen molar-refractivity contribution in [2.24, 2.45) is 11.8 Å². The summed E-state index contributed by atoms with van der Waals surface area (Å²) in [6.07, 6.45) is 6.22. The van der Waals surface area contributed by atoms with Crippen molar-refractivity contribution in [3.05, 3.63) is 35.1 Å². The van der Waals surface area contributed by atoms with Gasteiger partial charge in [-0.25, -0.2) is 4.39 Å². The Hall–Kier alpha value is -0.890. The molecule has 0 amide bonds. The number of aliphatic hydroxyl groups is 1. The van der Waals surface area contributed by atoms with Crippen LogP contribution in [0.1, 0.15) is 50.2 Å². The summed E-state index contributed by atoms with van der Waals surface area (Å²) in [5.41, 5.74) is 1.31. The van der Waals surface area contributed by atoms with Crippen molar-refractivity contribution in [1.29, 1.82) is 0 Å². The van der Waals surface area contributed by atoms with Gasteiger partial charge in [0.25, 0.3) is 0 Å². The maximum Gasteiger partial charge on any atom is 0.123 e. The van der Waals surface area contributed by atoms with Gasteiger partial charge in [-0.3, -0.25) is 0 Å². The second-order valence-corrected chi connectivity index (χ2v) is 6.18. The van der Waals surface area contributed by atoms with Crippen LogP contribution in [-0.4, -0.2) is 5.11 Å². The molecule has 0 saturated heterocycles. The summed E-state index contributed by atoms with van der Waals surface area (Å²) < 4.78 is 13.2. The lowest BCUT2D eigenvalue weighted by Gasteiger charge is -2.38. The van der Waals surface area contributed by atoms with Crippen LogP contribution in [0, 0.1) is 17.7 Å². The molecule has 0 heterocycles. The van der Waals surface area contributed by atoms with Crippen molar-refractivity contribution in [3.8, 4) is 0 Å². The van der Waals surface area contributed by atoms with Crippen molar-refractivity contribution in [2.45, 2.75) is 51.0 Å². The topological polar surface area (TPSA) is 20.2 Å². The van der Waals surface area contributed by atoms with Gasteiger partial charge in [-0.05, 0) is 60.8 Å². The van der Waals surface area contributed by atoms with Crippen LogP contribution in [0.5, 0.6) is 0 Å². The molecular formula is C16H21FO. The van der Waals surface area contributed by atoms with Gasteiger partial charge in [0.15, 0.2) is 0 Å². The maximum atomic E-state index is 13.2. The first-order chi connectivity index (χ1) is 8.59. The number of hydrogen-bond donors (Lipinski definition) is 1. The minimum absolute atomic E-state index is 0.185. The molecule has 2 aliphatic rings. The molecule has 98 valence electrons. The van der Waals surface area contributed by atoms with E-state index in [0.29, 0.717) is 5.92 Å². The Morgan fingerprint density at radius 1 is 1.22 bits per heavy atom. The predicted molar refractivity (Wildman–Crippen MR) is 69.7 cm³/mol. The Labute approximate surface area is 108 Å². The van der Waals surface area contributed by atoms with E-state index in [4.69, 9.17) is 0 Å². The SMILES string of the molecule is CC1CCC(C2(O)CCc3cc(F)ccc32)CC1. The lowest BCUT2D eigenvalue weighted by atomic mass is 9.71. The normalized spacial score (nSPS) is 35.5. The predicted octanol–water partition coefficient (Wildman–Crippen LogP) is 3.79. The molecule has 0 aliphatic heterocycles. The Kier molecular flexibility index (Phi) is 2.93. The average molecular weight is 248 g/mol. The fourth-order valence-electron chi connectivity index (χ4n) is 3.81. The van der Waals surface area contributed by atoms with Gasteiger partial charge >= 0.3 is 0 Å². The minimum atomic E-state index is -0.691. The first-order valence-electron chi connectivity index (χ1n) is 7.11. The summed E-state index contributed by atoms with van der Waals surface area (Å²) in [4.78, 5) is 0. The van der Waals surface area contributed by atoms with Crippen LogP contribution < -0.4 is 0 Å². The van der Waals surface area contributed by atoms with Gasteiger partial charge in [-0.2, -0.15) is 0 Å². The summed E-state index contributed by atoms with van der Waals surface area (Å²) in [6, 6.07) is 4.88. The van der Waals surface area contributed by atoms with Crippen LogP contribution in [0.3, 0.4) is 0 Å². The minimum Gasteiger partial charge on any atom is -0.385 e. The van der Waals surface area contributed by atoms with Gasteiger partial charge in [-0.15, -0.1) is 0 Å². The van der Waals surface area contributed by atoms with E-state index in [1.807, 2.05) is 0 Å². The molecule has 0 aromatic heterocycles. The molecule has 1 nitrogen and oxygen atoms in total. The molecule has 1 saturated carbocycles. The van der Waals surface area contributed by atoms with E-state index in [9.17, 15) is 9.50 Å². The molecular weight excluding hydrogens is 227 g/mol. The highest BCUT2D eigenvalue weighted by atomic mass is 19.1. The smallest absolute Gasteiger partial charge is 0.123 e. The number of fused-ring (bicyclic) bond motifs is 1. The van der Waals surface area contributed by atoms with E-state index in [1.165, 1.54) is 18.9 Å². The number of aryl methyl sites for hydroxylation is 1. The van der Waals surface area contributed by atoms with Crippen molar-refractivity contribution in [1.82, 2.24) is 0 Å². The first kappa shape index (κ1) is 12.2. The van der Waals surface area contributed by atoms with Crippen LogP contribution in [0.15, 0.2) is 18.2 Å². The van der Waals surface area contributed by atoms with Crippen molar-refractivity contribution in [2.75, 3.05) is 0 Å². The second kappa shape index (κ2) is 4.34. The third-order valence-corrected chi connectivity index (χ3v) is 5.00. The summed E-state index contributed by atoms with van der Waals surface area (Å²) in [6.45, 7) is 2.29. The van der Waals surface area contributed by atoms with Crippen molar-refractivity contribution in [3.63, 3.8) is 0 Å². The molecule has 1 N–H and O–H groups in total. The summed E-state index contributed by atoms with van der Waals surface area (Å²) in [7, 11) is 0. The Bertz CT molecular complexity index is 448. The summed E-state index contributed by atoms with van der Waals surface area (Å²) in [5, 5.41) is 11.0. The molecule has 0 bridgehead atoms. The molecule has 0 spiro atoms. The van der Waals surface area contributed by atoms with E-state index in [2.05, 4.69) is 6.92 Å². The highest BCUT2D eigenvalue weighted by Crippen LogP contribution is 2.48. The van der Waals surface area contributed by atoms with Gasteiger partial charge in [0.05, 0.1) is 5.60 Å². The third kappa shape index (κ3) is 1.87. The number of hydrogen-bond acceptors (Lipinski definition) is 1. The molecule has 1 aromatic rings. The average Bonchev–Trinajstić information content (AvgIpc) is 2.68. The van der Waals surface area contributed by atoms with E-state index >= 15 is 0 Å². The Morgan fingerprint density at radius 3 is 2.67 bits per heavy atom. The molecule has 2 heteroatoms. The zero-order valence-corrected chi connectivity index (χ0v) is 11.0. The highest BCUT2D eigenvalue weighted by molar-refractivity contribution is 5.38. The zero-order valence-electron chi connectivity index (χ0n) is 11.0. The summed E-state index contributed by atoms with van der Waals surface area (Å²) in [5.74, 6) is 0.967. The molecule has 18 heavy (non-hydrogen) atoms. The van der Waals surface area contributed by atoms with Crippen LogP contribution >= 0.6 is 0 Å². The quantitative estimate of drug-likeness (QED) is 0.801. The standard InChI is InChI=1S/C16H21FO/c1-11-2-4-13(5-3-11)16(18)9-8-12-10-14(17)6-7-15(12)16/h6-7,10-11,13,18H,2-5,8-9H2,1H3. The fourth-order valence-corrected chi connectivity index (χ4v) is 3.81. The monoisotopic (exact) mass is 248 g/mol. The van der Waals surface area contributed by atoms with Gasteiger partial charge < -0.3 is 5.11 Å². The molecule has 1 aromatic carbocycles. The Morgan fingerprint density at radius 2 is 1.94 bits per heavy atom. The molecule has 1 atom stereocenters.